The molecule has 38 heavy (non-hydrogen) atoms. The quantitative estimate of drug-likeness (QED) is 0.269. The molecule has 0 unspecified atom stereocenters. The fourth-order valence-electron chi connectivity index (χ4n) is 4.92. The fourth-order valence-corrected chi connectivity index (χ4v) is 4.92. The average molecular weight is 536 g/mol. The fraction of sp³-hybridized carbons (Fsp3) is 0.483. The van der Waals surface area contributed by atoms with Crippen molar-refractivity contribution in [2.75, 3.05) is 18.0 Å². The summed E-state index contributed by atoms with van der Waals surface area (Å²) in [5, 5.41) is 4.07. The number of benzene rings is 2. The minimum atomic E-state index is -4.87. The van der Waals surface area contributed by atoms with Gasteiger partial charge >= 0.3 is 12.4 Å². The van der Waals surface area contributed by atoms with Crippen molar-refractivity contribution in [2.45, 2.75) is 64.5 Å². The first-order valence-corrected chi connectivity index (χ1v) is 13.2. The van der Waals surface area contributed by atoms with E-state index in [4.69, 9.17) is 4.98 Å². The lowest BCUT2D eigenvalue weighted by molar-refractivity contribution is -0.143. The van der Waals surface area contributed by atoms with Crippen LogP contribution in [0.15, 0.2) is 42.5 Å². The van der Waals surface area contributed by atoms with Crippen molar-refractivity contribution in [3.8, 4) is 0 Å². The molecule has 0 aliphatic heterocycles. The minimum absolute atomic E-state index is 0.0662. The van der Waals surface area contributed by atoms with Crippen LogP contribution in [0.2, 0.25) is 0 Å². The van der Waals surface area contributed by atoms with E-state index in [2.05, 4.69) is 29.3 Å². The summed E-state index contributed by atoms with van der Waals surface area (Å²) in [4.78, 5) is 7.47. The molecule has 0 bridgehead atoms. The van der Waals surface area contributed by atoms with Crippen LogP contribution in [0.5, 0.6) is 0 Å². The number of rotatable bonds is 10. The topological polar surface area (TPSA) is 28.2 Å². The van der Waals surface area contributed by atoms with Gasteiger partial charge in [0, 0.05) is 37.1 Å². The van der Waals surface area contributed by atoms with Crippen molar-refractivity contribution in [3.05, 3.63) is 70.3 Å². The van der Waals surface area contributed by atoms with Crippen LogP contribution in [-0.2, 0) is 31.9 Å². The third kappa shape index (κ3) is 6.42. The number of anilines is 1. The Hall–Kier alpha value is -2.81. The van der Waals surface area contributed by atoms with Crippen molar-refractivity contribution in [3.63, 3.8) is 0 Å². The molecule has 0 radical (unpaired) electrons. The Morgan fingerprint density at radius 2 is 1.42 bits per heavy atom. The normalized spacial score (nSPS) is 16.3. The van der Waals surface area contributed by atoms with Crippen LogP contribution < -0.4 is 10.2 Å². The Morgan fingerprint density at radius 1 is 0.816 bits per heavy atom. The molecular weight excluding hydrogens is 504 g/mol. The van der Waals surface area contributed by atoms with Gasteiger partial charge in [0.15, 0.2) is 0 Å². The van der Waals surface area contributed by atoms with Gasteiger partial charge in [0.1, 0.15) is 5.82 Å². The summed E-state index contributed by atoms with van der Waals surface area (Å²) in [5.74, 6) is 2.14. The summed E-state index contributed by atoms with van der Waals surface area (Å²) >= 11 is 0. The molecule has 3 nitrogen and oxygen atoms in total. The first kappa shape index (κ1) is 26.8. The highest BCUT2D eigenvalue weighted by Gasteiger charge is 2.37. The molecule has 2 fully saturated rings. The molecule has 9 heteroatoms. The number of nitrogens with zero attached hydrogens (tertiary/aromatic N) is 2. The molecule has 0 amide bonds. The van der Waals surface area contributed by atoms with E-state index in [1.807, 2.05) is 12.1 Å². The highest BCUT2D eigenvalue weighted by Crippen LogP contribution is 2.38. The number of aryl methyl sites for hydroxylation is 1. The molecule has 2 aromatic carbocycles. The summed E-state index contributed by atoms with van der Waals surface area (Å²) in [7, 11) is 0. The highest BCUT2D eigenvalue weighted by molar-refractivity contribution is 5.85. The SMILES string of the molecule is CCc1cccc2cc(CNCc3cc(C(F)(F)F)cc(C(F)(F)F)c3)c(N(CC3CC3)CC3CC3)nc12. The maximum absolute atomic E-state index is 13.3. The lowest BCUT2D eigenvalue weighted by Gasteiger charge is -2.27. The minimum Gasteiger partial charge on any atom is -0.356 e. The molecule has 2 aliphatic rings. The smallest absolute Gasteiger partial charge is 0.356 e. The summed E-state index contributed by atoms with van der Waals surface area (Å²) in [6, 6.07) is 9.81. The number of fused-ring (bicyclic) bond motifs is 1. The third-order valence-electron chi connectivity index (χ3n) is 7.31. The molecule has 0 saturated heterocycles. The van der Waals surface area contributed by atoms with Crippen molar-refractivity contribution < 1.29 is 26.3 Å². The number of pyridine rings is 1. The molecular formula is C29H31F6N3. The maximum atomic E-state index is 13.3. The Bertz CT molecular complexity index is 1250. The van der Waals surface area contributed by atoms with E-state index < -0.39 is 23.5 Å². The number of para-hydroxylation sites is 1. The second-order valence-electron chi connectivity index (χ2n) is 10.6. The number of aromatic nitrogens is 1. The van der Waals surface area contributed by atoms with Crippen LogP contribution in [0.25, 0.3) is 10.9 Å². The van der Waals surface area contributed by atoms with E-state index in [1.165, 1.54) is 25.7 Å². The predicted molar refractivity (Wildman–Crippen MR) is 136 cm³/mol. The molecule has 3 aromatic rings. The molecule has 204 valence electrons. The van der Waals surface area contributed by atoms with Crippen LogP contribution >= 0.6 is 0 Å². The van der Waals surface area contributed by atoms with E-state index in [9.17, 15) is 26.3 Å². The zero-order valence-electron chi connectivity index (χ0n) is 21.2. The third-order valence-corrected chi connectivity index (χ3v) is 7.31. The number of hydrogen-bond acceptors (Lipinski definition) is 3. The summed E-state index contributed by atoms with van der Waals surface area (Å²) in [6.45, 7) is 4.06. The van der Waals surface area contributed by atoms with E-state index in [0.717, 1.165) is 59.5 Å². The first-order valence-electron chi connectivity index (χ1n) is 13.2. The molecule has 2 saturated carbocycles. The van der Waals surface area contributed by atoms with Gasteiger partial charge in [-0.1, -0.05) is 25.1 Å². The van der Waals surface area contributed by atoms with Crippen LogP contribution in [-0.4, -0.2) is 18.1 Å². The standard InChI is InChI=1S/C29H31F6N3/c1-2-21-4-3-5-22-12-23(27(37-26(21)22)38(16-18-6-7-18)17-19-8-9-19)15-36-14-20-10-24(28(30,31)32)13-25(11-20)29(33,34)35/h3-5,10-13,18-19,36H,2,6-9,14-17H2,1H3. The average Bonchev–Trinajstić information content (AvgIpc) is 3.79. The second kappa shape index (κ2) is 10.4. The first-order chi connectivity index (χ1) is 18.0. The van der Waals surface area contributed by atoms with Gasteiger partial charge in [-0.15, -0.1) is 0 Å². The Balaban J connectivity index is 1.44. The van der Waals surface area contributed by atoms with Gasteiger partial charge in [0.25, 0.3) is 0 Å². The van der Waals surface area contributed by atoms with Gasteiger partial charge in [0.05, 0.1) is 16.6 Å². The number of halogens is 6. The summed E-state index contributed by atoms with van der Waals surface area (Å²) < 4.78 is 79.8. The monoisotopic (exact) mass is 535 g/mol. The lowest BCUT2D eigenvalue weighted by Crippen LogP contribution is -2.31. The molecule has 1 N–H and O–H groups in total. The maximum Gasteiger partial charge on any atom is 0.416 e. The van der Waals surface area contributed by atoms with Crippen LogP contribution in [0.4, 0.5) is 32.2 Å². The summed E-state index contributed by atoms with van der Waals surface area (Å²) in [5.41, 5.74) is 0.315. The van der Waals surface area contributed by atoms with Gasteiger partial charge in [-0.2, -0.15) is 26.3 Å². The molecule has 0 atom stereocenters. The van der Waals surface area contributed by atoms with Gasteiger partial charge in [-0.05, 0) is 79.3 Å². The summed E-state index contributed by atoms with van der Waals surface area (Å²) in [6.07, 6.45) is -4.12. The molecule has 5 rings (SSSR count). The zero-order valence-corrected chi connectivity index (χ0v) is 21.2. The van der Waals surface area contributed by atoms with Crippen LogP contribution in [0.1, 0.15) is 60.4 Å². The van der Waals surface area contributed by atoms with Gasteiger partial charge < -0.3 is 10.2 Å². The largest absolute Gasteiger partial charge is 0.416 e. The Kier molecular flexibility index (Phi) is 7.33. The van der Waals surface area contributed by atoms with Crippen molar-refractivity contribution in [2.24, 2.45) is 11.8 Å². The van der Waals surface area contributed by atoms with E-state index in [-0.39, 0.29) is 24.7 Å². The van der Waals surface area contributed by atoms with Crippen molar-refractivity contribution >= 4 is 16.7 Å². The van der Waals surface area contributed by atoms with Gasteiger partial charge in [-0.25, -0.2) is 4.98 Å². The second-order valence-corrected chi connectivity index (χ2v) is 10.6. The Labute approximate surface area is 218 Å². The number of nitrogens with one attached hydrogen (secondary N) is 1. The molecule has 0 spiro atoms. The van der Waals surface area contributed by atoms with Gasteiger partial charge in [-0.3, -0.25) is 0 Å². The zero-order chi connectivity index (χ0) is 27.1. The van der Waals surface area contributed by atoms with E-state index >= 15 is 0 Å². The van der Waals surface area contributed by atoms with Crippen molar-refractivity contribution in [1.29, 1.82) is 0 Å². The van der Waals surface area contributed by atoms with E-state index in [0.29, 0.717) is 11.8 Å². The number of alkyl halides is 6. The Morgan fingerprint density at radius 3 is 1.95 bits per heavy atom. The van der Waals surface area contributed by atoms with Crippen LogP contribution in [0, 0.1) is 11.8 Å². The van der Waals surface area contributed by atoms with Crippen molar-refractivity contribution in [1.82, 2.24) is 10.3 Å². The lowest BCUT2D eigenvalue weighted by atomic mass is 10.0. The molecule has 1 heterocycles. The van der Waals surface area contributed by atoms with Gasteiger partial charge in [0.2, 0.25) is 0 Å². The molecule has 2 aliphatic carbocycles. The van der Waals surface area contributed by atoms with Crippen LogP contribution in [0.3, 0.4) is 0 Å². The predicted octanol–water partition coefficient (Wildman–Crippen LogP) is 7.75. The van der Waals surface area contributed by atoms with E-state index in [1.54, 1.807) is 0 Å². The number of hydrogen-bond donors (Lipinski definition) is 1. The highest BCUT2D eigenvalue weighted by atomic mass is 19.4. The molecule has 1 aromatic heterocycles.